The Labute approximate surface area is 144 Å². The van der Waals surface area contributed by atoms with Crippen LogP contribution < -0.4 is 10.1 Å². The topological polar surface area (TPSA) is 54.7 Å². The monoisotopic (exact) mass is 380 g/mol. The summed E-state index contributed by atoms with van der Waals surface area (Å²) >= 11 is 3.42. The van der Waals surface area contributed by atoms with Gasteiger partial charge in [-0.1, -0.05) is 12.1 Å². The Morgan fingerprint density at radius 2 is 2.04 bits per heavy atom. The average molecular weight is 381 g/mol. The average Bonchev–Trinajstić information content (AvgIpc) is 2.99. The molecule has 2 aromatic rings. The lowest BCUT2D eigenvalue weighted by molar-refractivity contribution is 0.0920. The highest BCUT2D eigenvalue weighted by Crippen LogP contribution is 2.24. The minimum Gasteiger partial charge on any atom is -0.484 e. The van der Waals surface area contributed by atoms with Crippen molar-refractivity contribution >= 4 is 21.8 Å². The number of rotatable bonds is 8. The van der Waals surface area contributed by atoms with Crippen molar-refractivity contribution in [1.82, 2.24) is 10.2 Å². The predicted molar refractivity (Wildman–Crippen MR) is 92.7 cm³/mol. The summed E-state index contributed by atoms with van der Waals surface area (Å²) in [6.07, 6.45) is 0.900. The van der Waals surface area contributed by atoms with E-state index < -0.39 is 0 Å². The Balaban J connectivity index is 1.81. The van der Waals surface area contributed by atoms with Gasteiger partial charge >= 0.3 is 0 Å². The molecule has 0 bridgehead atoms. The van der Waals surface area contributed by atoms with Gasteiger partial charge in [0.1, 0.15) is 18.1 Å². The van der Waals surface area contributed by atoms with E-state index in [0.717, 1.165) is 23.2 Å². The number of amides is 1. The van der Waals surface area contributed by atoms with Gasteiger partial charge in [-0.05, 0) is 67.3 Å². The molecule has 0 atom stereocenters. The summed E-state index contributed by atoms with van der Waals surface area (Å²) in [5.41, 5.74) is 0. The summed E-state index contributed by atoms with van der Waals surface area (Å²) in [4.78, 5) is 14.0. The van der Waals surface area contributed by atoms with Gasteiger partial charge in [0.05, 0.1) is 4.47 Å². The molecule has 1 aromatic carbocycles. The molecule has 0 aliphatic heterocycles. The van der Waals surface area contributed by atoms with E-state index in [0.29, 0.717) is 18.1 Å². The number of halogens is 1. The van der Waals surface area contributed by atoms with E-state index in [1.54, 1.807) is 12.1 Å². The Bertz CT molecular complexity index is 640. The van der Waals surface area contributed by atoms with Crippen molar-refractivity contribution in [2.24, 2.45) is 0 Å². The molecule has 0 saturated heterocycles. The first-order valence-corrected chi connectivity index (χ1v) is 8.24. The molecule has 2 rings (SSSR count). The number of carbonyl (C=O) groups excluding carboxylic acids is 1. The number of nitrogens with one attached hydrogen (secondary N) is 1. The molecule has 124 valence electrons. The molecule has 1 aromatic heterocycles. The second-order valence-corrected chi connectivity index (χ2v) is 6.25. The van der Waals surface area contributed by atoms with E-state index in [1.807, 2.05) is 38.4 Å². The van der Waals surface area contributed by atoms with E-state index >= 15 is 0 Å². The van der Waals surface area contributed by atoms with Gasteiger partial charge < -0.3 is 19.4 Å². The molecule has 1 N–H and O–H groups in total. The van der Waals surface area contributed by atoms with Crippen molar-refractivity contribution < 1.29 is 13.9 Å². The minimum absolute atomic E-state index is 0.198. The van der Waals surface area contributed by atoms with E-state index in [2.05, 4.69) is 26.1 Å². The fourth-order valence-electron chi connectivity index (χ4n) is 1.97. The molecule has 5 nitrogen and oxygen atoms in total. The number of nitrogens with zero attached hydrogens (tertiary/aromatic N) is 1. The summed E-state index contributed by atoms with van der Waals surface area (Å²) in [6.45, 7) is 1.83. The molecular formula is C17H21BrN2O3. The quantitative estimate of drug-likeness (QED) is 0.713. The normalized spacial score (nSPS) is 10.8. The number of hydrogen-bond acceptors (Lipinski definition) is 4. The number of furan rings is 1. The highest BCUT2D eigenvalue weighted by molar-refractivity contribution is 9.10. The lowest BCUT2D eigenvalue weighted by Crippen LogP contribution is -2.26. The van der Waals surface area contributed by atoms with Crippen LogP contribution in [0, 0.1) is 0 Å². The highest BCUT2D eigenvalue weighted by Gasteiger charge is 2.11. The third-order valence-electron chi connectivity index (χ3n) is 3.16. The summed E-state index contributed by atoms with van der Waals surface area (Å²) in [6, 6.07) is 11.0. The van der Waals surface area contributed by atoms with Gasteiger partial charge in [-0.3, -0.25) is 4.79 Å². The standard InChI is InChI=1S/C17H21BrN2O3/c1-20(2)11-5-10-19-17(21)16-9-8-13(23-16)12-22-15-7-4-3-6-14(15)18/h3-4,6-9H,5,10-12H2,1-2H3,(H,19,21). The van der Waals surface area contributed by atoms with Crippen LogP contribution in [0.25, 0.3) is 0 Å². The van der Waals surface area contributed by atoms with Crippen molar-refractivity contribution in [3.8, 4) is 5.75 Å². The summed E-state index contributed by atoms with van der Waals surface area (Å²) in [5.74, 6) is 1.45. The third-order valence-corrected chi connectivity index (χ3v) is 3.81. The third kappa shape index (κ3) is 5.73. The van der Waals surface area contributed by atoms with Crippen molar-refractivity contribution in [3.63, 3.8) is 0 Å². The number of carbonyl (C=O) groups is 1. The first-order valence-electron chi connectivity index (χ1n) is 7.45. The van der Waals surface area contributed by atoms with Crippen molar-refractivity contribution in [2.45, 2.75) is 13.0 Å². The van der Waals surface area contributed by atoms with Crippen LogP contribution in [-0.2, 0) is 6.61 Å². The number of hydrogen-bond donors (Lipinski definition) is 1. The number of para-hydroxylation sites is 1. The molecule has 0 unspecified atom stereocenters. The van der Waals surface area contributed by atoms with Crippen LogP contribution in [0.15, 0.2) is 45.3 Å². The zero-order valence-electron chi connectivity index (χ0n) is 13.3. The molecular weight excluding hydrogens is 360 g/mol. The van der Waals surface area contributed by atoms with Gasteiger partial charge in [0, 0.05) is 6.54 Å². The largest absolute Gasteiger partial charge is 0.484 e. The van der Waals surface area contributed by atoms with Gasteiger partial charge in [-0.2, -0.15) is 0 Å². The smallest absolute Gasteiger partial charge is 0.286 e. The van der Waals surface area contributed by atoms with Crippen LogP contribution in [0.1, 0.15) is 22.7 Å². The molecule has 0 spiro atoms. The van der Waals surface area contributed by atoms with Crippen LogP contribution in [0.3, 0.4) is 0 Å². The van der Waals surface area contributed by atoms with Crippen LogP contribution in [0.4, 0.5) is 0 Å². The van der Waals surface area contributed by atoms with Gasteiger partial charge in [0.15, 0.2) is 5.76 Å². The number of benzene rings is 1. The van der Waals surface area contributed by atoms with E-state index in [1.165, 1.54) is 0 Å². The number of ether oxygens (including phenoxy) is 1. The lowest BCUT2D eigenvalue weighted by atomic mass is 10.3. The first kappa shape index (κ1) is 17.6. The maximum Gasteiger partial charge on any atom is 0.286 e. The summed E-state index contributed by atoms with van der Waals surface area (Å²) in [5, 5.41) is 2.84. The Morgan fingerprint density at radius 1 is 1.26 bits per heavy atom. The SMILES string of the molecule is CN(C)CCCNC(=O)c1ccc(COc2ccccc2Br)o1. The summed E-state index contributed by atoms with van der Waals surface area (Å²) in [7, 11) is 4.01. The molecule has 0 fully saturated rings. The Kier molecular flexibility index (Phi) is 6.67. The minimum atomic E-state index is -0.198. The lowest BCUT2D eigenvalue weighted by Gasteiger charge is -2.09. The molecule has 23 heavy (non-hydrogen) atoms. The van der Waals surface area contributed by atoms with Crippen LogP contribution >= 0.6 is 15.9 Å². The maximum atomic E-state index is 12.0. The van der Waals surface area contributed by atoms with Crippen molar-refractivity contribution in [1.29, 1.82) is 0 Å². The van der Waals surface area contributed by atoms with E-state index in [-0.39, 0.29) is 12.5 Å². The fourth-order valence-corrected chi connectivity index (χ4v) is 2.37. The van der Waals surface area contributed by atoms with Crippen LogP contribution in [-0.4, -0.2) is 38.0 Å². The summed E-state index contributed by atoms with van der Waals surface area (Å²) < 4.78 is 12.1. The highest BCUT2D eigenvalue weighted by atomic mass is 79.9. The molecule has 0 aliphatic carbocycles. The second-order valence-electron chi connectivity index (χ2n) is 5.40. The second kappa shape index (κ2) is 8.74. The van der Waals surface area contributed by atoms with Gasteiger partial charge in [0.2, 0.25) is 0 Å². The molecule has 1 heterocycles. The first-order chi connectivity index (χ1) is 11.1. The van der Waals surface area contributed by atoms with Crippen molar-refractivity contribution in [3.05, 3.63) is 52.4 Å². The van der Waals surface area contributed by atoms with E-state index in [4.69, 9.17) is 9.15 Å². The van der Waals surface area contributed by atoms with E-state index in [9.17, 15) is 4.79 Å². The molecule has 0 radical (unpaired) electrons. The Morgan fingerprint density at radius 3 is 2.78 bits per heavy atom. The van der Waals surface area contributed by atoms with Crippen molar-refractivity contribution in [2.75, 3.05) is 27.2 Å². The van der Waals surface area contributed by atoms with Gasteiger partial charge in [-0.25, -0.2) is 0 Å². The molecule has 1 amide bonds. The zero-order valence-corrected chi connectivity index (χ0v) is 14.9. The maximum absolute atomic E-state index is 12.0. The fraction of sp³-hybridized carbons (Fsp3) is 0.353. The van der Waals surface area contributed by atoms with Crippen LogP contribution in [0.5, 0.6) is 5.75 Å². The predicted octanol–water partition coefficient (Wildman–Crippen LogP) is 3.30. The van der Waals surface area contributed by atoms with Crippen LogP contribution in [0.2, 0.25) is 0 Å². The molecule has 6 heteroatoms. The Hall–Kier alpha value is -1.79. The van der Waals surface area contributed by atoms with Gasteiger partial charge in [-0.15, -0.1) is 0 Å². The zero-order chi connectivity index (χ0) is 16.7. The van der Waals surface area contributed by atoms with Gasteiger partial charge in [0.25, 0.3) is 5.91 Å². The molecule has 0 saturated carbocycles. The molecule has 0 aliphatic rings.